The van der Waals surface area contributed by atoms with Crippen molar-refractivity contribution in [3.63, 3.8) is 0 Å². The molecule has 4 aliphatic heterocycles. The second-order valence-electron chi connectivity index (χ2n) is 35.5. The molecule has 19 nitrogen and oxygen atoms in total. The Bertz CT molecular complexity index is 5560. The van der Waals surface area contributed by atoms with Crippen molar-refractivity contribution < 1.29 is 37.8 Å². The predicted molar refractivity (Wildman–Crippen MR) is 549 cm³/mol. The van der Waals surface area contributed by atoms with Crippen LogP contribution < -0.4 is 26.6 Å². The van der Waals surface area contributed by atoms with Crippen molar-refractivity contribution in [2.24, 2.45) is 11.8 Å². The van der Waals surface area contributed by atoms with Crippen molar-refractivity contribution in [1.82, 2.24) is 50.6 Å². The Labute approximate surface area is 801 Å². The average Bonchev–Trinajstić information content (AvgIpc) is 1.63. The van der Waals surface area contributed by atoms with Crippen LogP contribution in [-0.4, -0.2) is 169 Å². The van der Waals surface area contributed by atoms with Crippen LogP contribution in [0.15, 0.2) is 91.0 Å². The number of carbonyl (C=O) groups excluding carboxylic acids is 4. The first-order valence-corrected chi connectivity index (χ1v) is 54.0. The number of ketones is 2. The van der Waals surface area contributed by atoms with Crippen molar-refractivity contribution in [3.8, 4) is 42.3 Å². The molecule has 0 saturated heterocycles. The molecular weight excluding hydrogens is 1780 g/mol. The van der Waals surface area contributed by atoms with Gasteiger partial charge in [0.05, 0.1) is 67.3 Å². The van der Waals surface area contributed by atoms with E-state index in [0.29, 0.717) is 125 Å². The lowest BCUT2D eigenvalue weighted by atomic mass is 9.98. The number of aromatic nitrogens is 4. The quantitative estimate of drug-likeness (QED) is 0.0225. The van der Waals surface area contributed by atoms with E-state index in [1.807, 2.05) is 29.5 Å². The number of carbonyl (C=O) groups is 4. The molecule has 8 aromatic heterocycles. The zero-order valence-electron chi connectivity index (χ0n) is 78.3. The Morgan fingerprint density at radius 3 is 1.33 bits per heavy atom. The molecule has 4 aromatic carbocycles. The molecule has 16 rings (SSSR count). The molecule has 0 fully saturated rings. The number of para-hydroxylation sites is 3. The summed E-state index contributed by atoms with van der Waals surface area (Å²) in [6, 6.07) is 31.1. The van der Waals surface area contributed by atoms with Crippen LogP contribution in [0.5, 0.6) is 0 Å². The van der Waals surface area contributed by atoms with Gasteiger partial charge in [0.25, 0.3) is 0 Å². The summed E-state index contributed by atoms with van der Waals surface area (Å²) in [6.45, 7) is 38.3. The predicted octanol–water partition coefficient (Wildman–Crippen LogP) is 23.9. The molecule has 0 radical (unpaired) electrons. The first kappa shape index (κ1) is 101. The molecule has 2 amide bonds. The molecule has 4 aliphatic rings. The van der Waals surface area contributed by atoms with Crippen molar-refractivity contribution in [2.45, 2.75) is 249 Å². The highest BCUT2D eigenvalue weighted by Gasteiger charge is 2.33. The second kappa shape index (κ2) is 50.6. The van der Waals surface area contributed by atoms with Crippen LogP contribution in [0.25, 0.3) is 83.2 Å². The zero-order valence-corrected chi connectivity index (χ0v) is 84.9. The Kier molecular flexibility index (Phi) is 39.1. The minimum absolute atomic E-state index is 0.0336. The molecular formula is C102H135FN12O7S8. The first-order chi connectivity index (χ1) is 63.1. The maximum Gasteiger partial charge on any atom is 0.226 e. The summed E-state index contributed by atoms with van der Waals surface area (Å²) in [7, 11) is 2.10. The molecule has 130 heavy (non-hydrogen) atoms. The smallest absolute Gasteiger partial charge is 0.226 e. The fraction of sp³-hybridized carbons (Fsp3) is 0.529. The highest BCUT2D eigenvalue weighted by Crippen LogP contribution is 2.50. The Hall–Kier alpha value is -6.91. The van der Waals surface area contributed by atoms with Gasteiger partial charge in [-0.15, -0.1) is 90.7 Å². The van der Waals surface area contributed by atoms with Gasteiger partial charge >= 0.3 is 0 Å². The fourth-order valence-electron chi connectivity index (χ4n) is 16.7. The highest BCUT2D eigenvalue weighted by atomic mass is 32.1. The van der Waals surface area contributed by atoms with Gasteiger partial charge in [0.2, 0.25) is 11.8 Å². The summed E-state index contributed by atoms with van der Waals surface area (Å²) in [4.78, 5) is 85.9. The number of fused-ring (bicyclic) bond motifs is 8. The molecule has 0 aliphatic carbocycles. The van der Waals surface area contributed by atoms with E-state index >= 15 is 0 Å². The summed E-state index contributed by atoms with van der Waals surface area (Å²) >= 11 is 13.8. The van der Waals surface area contributed by atoms with Crippen molar-refractivity contribution >= 4 is 165 Å². The van der Waals surface area contributed by atoms with E-state index < -0.39 is 0 Å². The van der Waals surface area contributed by atoms with Crippen LogP contribution in [0.4, 0.5) is 14.4 Å². The maximum atomic E-state index is 13.6. The monoisotopic (exact) mass is 1910 g/mol. The van der Waals surface area contributed by atoms with Gasteiger partial charge in [-0.1, -0.05) is 110 Å². The summed E-state index contributed by atoms with van der Waals surface area (Å²) in [6.07, 6.45) is 18.1. The molecule has 5 N–H and O–H groups in total. The SMILES string of the molecule is CCC(C)CCCC(=O)Cc1sc2c(c1-c1nc3cc(F)ccc3s1)CCNC2.CCC(C)CCCC(=O)Cc1sc2c(c1-c1nc3ccccc3s1)CCNC2.CCC(C)N(C)CCC(=O)Nc1sc2c(c1-c1nc3ccccc3s1)CCN(C(C)C)C2.CCCCOCCOCCOCCCNCCC(=O)Nc1sc2c(c1-c1nc3ccccc3s1)CCN(C(C)C)C2. The van der Waals surface area contributed by atoms with Gasteiger partial charge in [0.1, 0.15) is 47.4 Å². The second-order valence-corrected chi connectivity index (χ2v) is 44.2. The number of nitrogens with zero attached hydrogens (tertiary/aromatic N) is 7. The van der Waals surface area contributed by atoms with Crippen LogP contribution in [0, 0.1) is 17.7 Å². The minimum Gasteiger partial charge on any atom is -0.379 e. The number of hydrogen-bond acceptors (Lipinski definition) is 25. The van der Waals surface area contributed by atoms with Crippen LogP contribution in [0.3, 0.4) is 0 Å². The number of hydrogen-bond donors (Lipinski definition) is 5. The third kappa shape index (κ3) is 27.7. The normalized spacial score (nSPS) is 14.7. The van der Waals surface area contributed by atoms with Crippen molar-refractivity contribution in [1.29, 1.82) is 0 Å². The van der Waals surface area contributed by atoms with Gasteiger partial charge in [-0.2, -0.15) is 0 Å². The summed E-state index contributed by atoms with van der Waals surface area (Å²) in [5.74, 6) is 1.94. The lowest BCUT2D eigenvalue weighted by Crippen LogP contribution is -2.35. The number of thiophene rings is 4. The van der Waals surface area contributed by atoms with E-state index in [9.17, 15) is 23.6 Å². The number of benzene rings is 4. The van der Waals surface area contributed by atoms with Gasteiger partial charge in [-0.25, -0.2) is 24.3 Å². The number of amides is 2. The Balaban J connectivity index is 0.000000149. The number of thiazole rings is 4. The van der Waals surface area contributed by atoms with Crippen molar-refractivity contribution in [2.75, 3.05) is 103 Å². The fourth-order valence-corrected chi connectivity index (χ4v) is 26.4. The van der Waals surface area contributed by atoms with E-state index in [1.165, 1.54) is 91.3 Å². The standard InChI is InChI=1S/C31H46N4O4S2.C25H34N4OS2.C23H27FN2OS2.C23H28N2OS2/c1-4-5-16-37-18-20-39-21-19-38-17-8-13-32-14-11-28(36)34-31-29(30-33-25-9-6-7-10-26(25)40-30)24-12-15-35(23(2)3)22-27(24)41-31;1-6-17(4)28(5)13-12-22(30)27-25-23(24-26-19-9-7-8-10-20(19)31-24)18-11-14-29(16(2)3)15-21(18)32-25;1-3-14(2)5-4-6-16(27)12-20-22(17-9-10-25-13-21(17)28-20)23-26-18-11-15(24)7-8-19(18)29-23;1-3-15(2)7-6-8-16(26)13-20-22(17-11-12-24-14-21(17)27-20)23-25-18-9-4-5-10-19(18)28-23/h6-7,9-10,23,32H,4-5,8,11-22H2,1-3H3,(H,34,36);7-10,16-17H,6,11-15H2,1-5H3,(H,27,30);7-8,11,14,25H,3-6,9-10,12-13H2,1-2H3;4-5,9-10,15,24H,3,6-8,11-14H2,1-2H3. The third-order valence-corrected chi connectivity index (χ3v) is 34.2. The number of rotatable bonds is 43. The van der Waals surface area contributed by atoms with Crippen LogP contribution in [0.1, 0.15) is 218 Å². The van der Waals surface area contributed by atoms with E-state index in [-0.39, 0.29) is 17.6 Å². The van der Waals surface area contributed by atoms with Gasteiger partial charge in [-0.3, -0.25) is 29.0 Å². The lowest BCUT2D eigenvalue weighted by molar-refractivity contribution is -0.119. The summed E-state index contributed by atoms with van der Waals surface area (Å²) in [5, 5.41) is 22.7. The van der Waals surface area contributed by atoms with Crippen LogP contribution in [0.2, 0.25) is 0 Å². The molecule has 12 heterocycles. The topological polar surface area (TPSA) is 217 Å². The molecule has 0 saturated carbocycles. The molecule has 3 unspecified atom stereocenters. The van der Waals surface area contributed by atoms with Crippen LogP contribution in [-0.2, 0) is 98.1 Å². The van der Waals surface area contributed by atoms with Crippen LogP contribution >= 0.6 is 90.7 Å². The minimum atomic E-state index is -0.261. The first-order valence-electron chi connectivity index (χ1n) is 47.5. The van der Waals surface area contributed by atoms with E-state index in [1.54, 1.807) is 85.4 Å². The number of ether oxygens (including phenoxy) is 3. The van der Waals surface area contributed by atoms with Gasteiger partial charge < -0.3 is 45.7 Å². The summed E-state index contributed by atoms with van der Waals surface area (Å²) in [5.41, 5.74) is 14.0. The third-order valence-electron chi connectivity index (χ3n) is 25.2. The molecule has 0 spiro atoms. The van der Waals surface area contributed by atoms with E-state index in [4.69, 9.17) is 34.1 Å². The number of Topliss-reactive ketones (excluding diaryl/α,β-unsaturated/α-hetero) is 2. The van der Waals surface area contributed by atoms with E-state index in [0.717, 1.165) is 222 Å². The van der Waals surface area contributed by atoms with Gasteiger partial charge in [0.15, 0.2) is 0 Å². The number of halogens is 1. The lowest BCUT2D eigenvalue weighted by Gasteiger charge is -2.30. The number of unbranched alkanes of at least 4 members (excludes halogenated alkanes) is 1. The maximum absolute atomic E-state index is 13.6. The number of anilines is 2. The van der Waals surface area contributed by atoms with E-state index in [2.05, 4.69) is 179 Å². The molecule has 3 atom stereocenters. The van der Waals surface area contributed by atoms with Gasteiger partial charge in [0, 0.05) is 180 Å². The van der Waals surface area contributed by atoms with Gasteiger partial charge in [-0.05, 0) is 202 Å². The summed E-state index contributed by atoms with van der Waals surface area (Å²) < 4.78 is 34.8. The average molecular weight is 1920 g/mol. The molecule has 12 aromatic rings. The largest absolute Gasteiger partial charge is 0.379 e. The Morgan fingerprint density at radius 2 is 0.885 bits per heavy atom. The van der Waals surface area contributed by atoms with Crippen molar-refractivity contribution in [3.05, 3.63) is 148 Å². The highest BCUT2D eigenvalue weighted by molar-refractivity contribution is 7.24. The Morgan fingerprint density at radius 1 is 0.462 bits per heavy atom. The zero-order chi connectivity index (χ0) is 91.6. The number of nitrogens with one attached hydrogen (secondary N) is 5. The molecule has 700 valence electrons. The molecule has 0 bridgehead atoms. The molecule has 28 heteroatoms.